The summed E-state index contributed by atoms with van der Waals surface area (Å²) in [4.78, 5) is 0. The molecule has 1 rings (SSSR count). The molecule has 5 nitrogen and oxygen atoms in total. The first-order valence-corrected chi connectivity index (χ1v) is 5.96. The van der Waals surface area contributed by atoms with Crippen LogP contribution in [0.15, 0.2) is 0 Å². The molecule has 0 aromatic rings. The van der Waals surface area contributed by atoms with E-state index in [-0.39, 0.29) is 25.9 Å². The molecule has 16 heavy (non-hydrogen) atoms. The van der Waals surface area contributed by atoms with Crippen LogP contribution < -0.4 is 5.32 Å². The Morgan fingerprint density at radius 1 is 0.938 bits per heavy atom. The smallest absolute Gasteiger partial charge is 0.0884 e. The van der Waals surface area contributed by atoms with Crippen molar-refractivity contribution in [1.82, 2.24) is 5.32 Å². The fourth-order valence-corrected chi connectivity index (χ4v) is 2.14. The van der Waals surface area contributed by atoms with Gasteiger partial charge in [0.05, 0.1) is 31.5 Å². The summed E-state index contributed by atoms with van der Waals surface area (Å²) in [7, 11) is 0. The molecule has 0 heterocycles. The van der Waals surface area contributed by atoms with Crippen LogP contribution in [-0.4, -0.2) is 57.9 Å². The van der Waals surface area contributed by atoms with Gasteiger partial charge in [0.2, 0.25) is 0 Å². The number of nitrogens with one attached hydrogen (secondary N) is 1. The summed E-state index contributed by atoms with van der Waals surface area (Å²) in [5, 5.41) is 40.5. The normalized spacial score (nSPS) is 27.8. The third-order valence-electron chi connectivity index (χ3n) is 3.38. The Kier molecular flexibility index (Phi) is 5.64. The Bertz CT molecular complexity index is 188. The van der Waals surface area contributed by atoms with Crippen LogP contribution in [0.1, 0.15) is 32.1 Å². The van der Waals surface area contributed by atoms with Crippen molar-refractivity contribution in [2.75, 3.05) is 19.8 Å². The van der Waals surface area contributed by atoms with Gasteiger partial charge in [0, 0.05) is 6.04 Å². The number of rotatable bonds is 5. The zero-order valence-electron chi connectivity index (χ0n) is 9.60. The average molecular weight is 233 g/mol. The van der Waals surface area contributed by atoms with E-state index in [1.165, 1.54) is 0 Å². The largest absolute Gasteiger partial charge is 0.394 e. The van der Waals surface area contributed by atoms with Crippen molar-refractivity contribution in [2.24, 2.45) is 0 Å². The molecule has 0 aliphatic heterocycles. The van der Waals surface area contributed by atoms with Gasteiger partial charge in [0.15, 0.2) is 0 Å². The minimum Gasteiger partial charge on any atom is -0.394 e. The number of hydrogen-bond acceptors (Lipinski definition) is 5. The van der Waals surface area contributed by atoms with Gasteiger partial charge in [0.25, 0.3) is 0 Å². The zero-order valence-corrected chi connectivity index (χ0v) is 9.60. The molecule has 2 unspecified atom stereocenters. The van der Waals surface area contributed by atoms with E-state index in [4.69, 9.17) is 0 Å². The van der Waals surface area contributed by atoms with Crippen molar-refractivity contribution >= 4 is 0 Å². The van der Waals surface area contributed by atoms with Gasteiger partial charge in [-0.25, -0.2) is 0 Å². The highest BCUT2D eigenvalue weighted by atomic mass is 16.3. The standard InChI is InChI=1S/C11H23NO4/c13-6-11(7-14,8-15)12-9-4-2-1-3-5-10(9)16/h9-10,12-16H,1-8H2. The predicted octanol–water partition coefficient (Wildman–Crippen LogP) is -1.01. The summed E-state index contributed by atoms with van der Waals surface area (Å²) in [5.41, 5.74) is -1.09. The van der Waals surface area contributed by atoms with Gasteiger partial charge in [-0.3, -0.25) is 5.32 Å². The molecule has 0 radical (unpaired) electrons. The van der Waals surface area contributed by atoms with Crippen molar-refractivity contribution in [1.29, 1.82) is 0 Å². The Labute approximate surface area is 96.1 Å². The Morgan fingerprint density at radius 3 is 2.06 bits per heavy atom. The van der Waals surface area contributed by atoms with Crippen LogP contribution >= 0.6 is 0 Å². The lowest BCUT2D eigenvalue weighted by Crippen LogP contribution is -2.60. The molecule has 1 aliphatic carbocycles. The minimum atomic E-state index is -1.09. The average Bonchev–Trinajstić information content (AvgIpc) is 2.52. The van der Waals surface area contributed by atoms with Crippen LogP contribution in [-0.2, 0) is 0 Å². The van der Waals surface area contributed by atoms with Crippen molar-refractivity contribution in [3.8, 4) is 0 Å². The van der Waals surface area contributed by atoms with E-state index in [2.05, 4.69) is 5.32 Å². The number of hydrogen-bond donors (Lipinski definition) is 5. The molecule has 0 bridgehead atoms. The van der Waals surface area contributed by atoms with Gasteiger partial charge in [0.1, 0.15) is 0 Å². The topological polar surface area (TPSA) is 93.0 Å². The SMILES string of the molecule is OCC(CO)(CO)NC1CCCCCC1O. The van der Waals surface area contributed by atoms with Crippen LogP contribution in [0.3, 0.4) is 0 Å². The van der Waals surface area contributed by atoms with Crippen molar-refractivity contribution in [3.63, 3.8) is 0 Å². The van der Waals surface area contributed by atoms with E-state index in [1.807, 2.05) is 0 Å². The monoisotopic (exact) mass is 233 g/mol. The second-order valence-corrected chi connectivity index (χ2v) is 4.71. The van der Waals surface area contributed by atoms with E-state index in [9.17, 15) is 20.4 Å². The maximum Gasteiger partial charge on any atom is 0.0884 e. The van der Waals surface area contributed by atoms with Gasteiger partial charge < -0.3 is 20.4 Å². The first-order chi connectivity index (χ1) is 7.67. The lowest BCUT2D eigenvalue weighted by molar-refractivity contribution is 0.0126. The fraction of sp³-hybridized carbons (Fsp3) is 1.00. The molecule has 1 fully saturated rings. The maximum absolute atomic E-state index is 9.89. The van der Waals surface area contributed by atoms with E-state index in [0.717, 1.165) is 32.1 Å². The van der Waals surface area contributed by atoms with E-state index in [0.29, 0.717) is 0 Å². The zero-order chi connectivity index (χ0) is 12.0. The molecule has 0 saturated heterocycles. The number of aliphatic hydroxyl groups excluding tert-OH is 4. The van der Waals surface area contributed by atoms with Crippen LogP contribution in [0.4, 0.5) is 0 Å². The molecule has 96 valence electrons. The first-order valence-electron chi connectivity index (χ1n) is 5.96. The van der Waals surface area contributed by atoms with Crippen molar-refractivity contribution in [3.05, 3.63) is 0 Å². The predicted molar refractivity (Wildman–Crippen MR) is 60.0 cm³/mol. The molecule has 0 aromatic heterocycles. The first kappa shape index (κ1) is 13.9. The summed E-state index contributed by atoms with van der Waals surface area (Å²) < 4.78 is 0. The third-order valence-corrected chi connectivity index (χ3v) is 3.38. The second kappa shape index (κ2) is 6.51. The molecular formula is C11H23NO4. The Morgan fingerprint density at radius 2 is 1.50 bits per heavy atom. The van der Waals surface area contributed by atoms with E-state index < -0.39 is 11.6 Å². The van der Waals surface area contributed by atoms with Gasteiger partial charge in [-0.2, -0.15) is 0 Å². The van der Waals surface area contributed by atoms with Crippen molar-refractivity contribution < 1.29 is 20.4 Å². The summed E-state index contributed by atoms with van der Waals surface area (Å²) in [6, 6.07) is -0.158. The molecule has 1 aliphatic rings. The fourth-order valence-electron chi connectivity index (χ4n) is 2.14. The Balaban J connectivity index is 2.60. The van der Waals surface area contributed by atoms with Crippen LogP contribution in [0, 0.1) is 0 Å². The highest BCUT2D eigenvalue weighted by molar-refractivity contribution is 4.92. The second-order valence-electron chi connectivity index (χ2n) is 4.71. The molecule has 1 saturated carbocycles. The van der Waals surface area contributed by atoms with Crippen molar-refractivity contribution in [2.45, 2.75) is 49.8 Å². The molecule has 0 amide bonds. The molecule has 5 N–H and O–H groups in total. The van der Waals surface area contributed by atoms with Gasteiger partial charge in [-0.05, 0) is 12.8 Å². The quantitative estimate of drug-likeness (QED) is 0.392. The molecule has 0 aromatic carbocycles. The highest BCUT2D eigenvalue weighted by Gasteiger charge is 2.33. The third kappa shape index (κ3) is 3.40. The van der Waals surface area contributed by atoms with Gasteiger partial charge >= 0.3 is 0 Å². The highest BCUT2D eigenvalue weighted by Crippen LogP contribution is 2.20. The van der Waals surface area contributed by atoms with Gasteiger partial charge in [-0.1, -0.05) is 19.3 Å². The summed E-state index contributed by atoms with van der Waals surface area (Å²) >= 11 is 0. The molecule has 5 heteroatoms. The Hall–Kier alpha value is -0.200. The molecule has 0 spiro atoms. The van der Waals surface area contributed by atoms with Crippen LogP contribution in [0.25, 0.3) is 0 Å². The molecular weight excluding hydrogens is 210 g/mol. The summed E-state index contributed by atoms with van der Waals surface area (Å²) in [6.07, 6.45) is 4.20. The van der Waals surface area contributed by atoms with E-state index >= 15 is 0 Å². The lowest BCUT2D eigenvalue weighted by Gasteiger charge is -2.35. The van der Waals surface area contributed by atoms with Crippen LogP contribution in [0.2, 0.25) is 0 Å². The minimum absolute atomic E-state index is 0.158. The summed E-state index contributed by atoms with van der Waals surface area (Å²) in [5.74, 6) is 0. The number of aliphatic hydroxyl groups is 4. The van der Waals surface area contributed by atoms with Gasteiger partial charge in [-0.15, -0.1) is 0 Å². The van der Waals surface area contributed by atoms with Crippen LogP contribution in [0.5, 0.6) is 0 Å². The summed E-state index contributed by atoms with van der Waals surface area (Å²) in [6.45, 7) is -1.03. The maximum atomic E-state index is 9.89. The molecule has 2 atom stereocenters. The lowest BCUT2D eigenvalue weighted by atomic mass is 9.97. The van der Waals surface area contributed by atoms with E-state index in [1.54, 1.807) is 0 Å².